The van der Waals surface area contributed by atoms with Crippen LogP contribution in [0, 0.1) is 5.92 Å². The van der Waals surface area contributed by atoms with Gasteiger partial charge >= 0.3 is 5.97 Å². The van der Waals surface area contributed by atoms with E-state index < -0.39 is 0 Å². The molecule has 17 heavy (non-hydrogen) atoms. The minimum Gasteiger partial charge on any atom is -0.467 e. The van der Waals surface area contributed by atoms with Gasteiger partial charge in [0, 0.05) is 0 Å². The van der Waals surface area contributed by atoms with Crippen LogP contribution in [0.25, 0.3) is 0 Å². The van der Waals surface area contributed by atoms with E-state index in [2.05, 4.69) is 10.1 Å². The topological polar surface area (TPSA) is 51.5 Å². The Morgan fingerprint density at radius 2 is 2.29 bits per heavy atom. The van der Waals surface area contributed by atoms with Crippen molar-refractivity contribution in [3.8, 4) is 0 Å². The van der Waals surface area contributed by atoms with Gasteiger partial charge in [-0.2, -0.15) is 0 Å². The predicted octanol–water partition coefficient (Wildman–Crippen LogP) is 2.35. The molecule has 1 aromatic heterocycles. The van der Waals surface area contributed by atoms with Crippen molar-refractivity contribution in [2.45, 2.75) is 32.2 Å². The summed E-state index contributed by atoms with van der Waals surface area (Å²) >= 11 is 0. The second kappa shape index (κ2) is 5.87. The Labute approximate surface area is 101 Å². The van der Waals surface area contributed by atoms with Gasteiger partial charge in [0.1, 0.15) is 12.0 Å². The molecule has 0 spiro atoms. The minimum atomic E-state index is -0.351. The van der Waals surface area contributed by atoms with E-state index in [1.54, 1.807) is 6.07 Å². The highest BCUT2D eigenvalue weighted by molar-refractivity contribution is 5.88. The highest BCUT2D eigenvalue weighted by atomic mass is 16.5. The largest absolute Gasteiger partial charge is 0.467 e. The van der Waals surface area contributed by atoms with Gasteiger partial charge in [0.25, 0.3) is 0 Å². The summed E-state index contributed by atoms with van der Waals surface area (Å²) in [4.78, 5) is 11.2. The van der Waals surface area contributed by atoms with Gasteiger partial charge in [-0.15, -0.1) is 0 Å². The van der Waals surface area contributed by atoms with Crippen molar-refractivity contribution in [3.63, 3.8) is 0 Å². The Balaban J connectivity index is 1.74. The molecule has 1 saturated carbocycles. The van der Waals surface area contributed by atoms with Crippen molar-refractivity contribution in [1.82, 2.24) is 5.32 Å². The van der Waals surface area contributed by atoms with E-state index in [4.69, 9.17) is 4.42 Å². The van der Waals surface area contributed by atoms with Gasteiger partial charge in [-0.25, -0.2) is 4.79 Å². The zero-order chi connectivity index (χ0) is 12.1. The maximum atomic E-state index is 11.2. The third-order valence-corrected chi connectivity index (χ3v) is 3.28. The fraction of sp³-hybridized carbons (Fsp3) is 0.615. The maximum Gasteiger partial charge on any atom is 0.341 e. The first-order valence-corrected chi connectivity index (χ1v) is 6.16. The van der Waals surface area contributed by atoms with E-state index in [9.17, 15) is 4.79 Å². The molecule has 2 rings (SSSR count). The Morgan fingerprint density at radius 1 is 1.53 bits per heavy atom. The Morgan fingerprint density at radius 3 is 3.00 bits per heavy atom. The first kappa shape index (κ1) is 12.2. The monoisotopic (exact) mass is 237 g/mol. The first-order chi connectivity index (χ1) is 8.29. The average Bonchev–Trinajstić information content (AvgIpc) is 2.99. The number of ether oxygens (including phenoxy) is 1. The van der Waals surface area contributed by atoms with Crippen LogP contribution >= 0.6 is 0 Å². The second-order valence-electron chi connectivity index (χ2n) is 4.57. The van der Waals surface area contributed by atoms with E-state index in [1.165, 1.54) is 39.1 Å². The van der Waals surface area contributed by atoms with Crippen LogP contribution < -0.4 is 5.32 Å². The fourth-order valence-electron chi connectivity index (χ4n) is 2.31. The number of esters is 1. The number of carbonyl (C=O) groups is 1. The minimum absolute atomic E-state index is 0.351. The molecule has 0 saturated heterocycles. The smallest absolute Gasteiger partial charge is 0.341 e. The summed E-state index contributed by atoms with van der Waals surface area (Å²) < 4.78 is 9.90. The summed E-state index contributed by atoms with van der Waals surface area (Å²) in [7, 11) is 1.37. The lowest BCUT2D eigenvalue weighted by Gasteiger charge is -2.08. The molecule has 4 nitrogen and oxygen atoms in total. The SMILES string of the molecule is COC(=O)c1coc(CNCC2CCCC2)c1. The molecule has 1 aliphatic carbocycles. The van der Waals surface area contributed by atoms with E-state index in [0.717, 1.165) is 18.2 Å². The summed E-state index contributed by atoms with van der Waals surface area (Å²) in [5.74, 6) is 1.24. The molecular weight excluding hydrogens is 218 g/mol. The zero-order valence-electron chi connectivity index (χ0n) is 10.2. The third-order valence-electron chi connectivity index (χ3n) is 3.28. The maximum absolute atomic E-state index is 11.2. The van der Waals surface area contributed by atoms with Crippen LogP contribution in [0.2, 0.25) is 0 Å². The average molecular weight is 237 g/mol. The van der Waals surface area contributed by atoms with Crippen LogP contribution in [0.1, 0.15) is 41.8 Å². The lowest BCUT2D eigenvalue weighted by molar-refractivity contribution is 0.0600. The molecule has 0 amide bonds. The third kappa shape index (κ3) is 3.33. The normalized spacial score (nSPS) is 16.3. The van der Waals surface area contributed by atoms with Gasteiger partial charge in [0.05, 0.1) is 19.2 Å². The van der Waals surface area contributed by atoms with Crippen LogP contribution in [0.5, 0.6) is 0 Å². The molecule has 0 radical (unpaired) electrons. The van der Waals surface area contributed by atoms with Gasteiger partial charge in [0.2, 0.25) is 0 Å². The molecule has 0 bridgehead atoms. The van der Waals surface area contributed by atoms with Crippen molar-refractivity contribution in [1.29, 1.82) is 0 Å². The number of furan rings is 1. The molecule has 1 aromatic rings. The molecule has 0 unspecified atom stereocenters. The molecule has 0 atom stereocenters. The lowest BCUT2D eigenvalue weighted by Crippen LogP contribution is -2.20. The van der Waals surface area contributed by atoms with Crippen molar-refractivity contribution in [2.24, 2.45) is 5.92 Å². The van der Waals surface area contributed by atoms with Gasteiger partial charge in [-0.1, -0.05) is 12.8 Å². The van der Waals surface area contributed by atoms with Crippen LogP contribution in [-0.4, -0.2) is 19.6 Å². The van der Waals surface area contributed by atoms with Crippen LogP contribution in [-0.2, 0) is 11.3 Å². The number of rotatable bonds is 5. The van der Waals surface area contributed by atoms with Crippen LogP contribution in [0.3, 0.4) is 0 Å². The summed E-state index contributed by atoms with van der Waals surface area (Å²) in [6, 6.07) is 1.73. The standard InChI is InChI=1S/C13H19NO3/c1-16-13(15)11-6-12(17-9-11)8-14-7-10-4-2-3-5-10/h6,9-10,14H,2-5,7-8H2,1H3. The highest BCUT2D eigenvalue weighted by Gasteiger charge is 2.15. The summed E-state index contributed by atoms with van der Waals surface area (Å²) in [5, 5.41) is 3.37. The molecule has 1 N–H and O–H groups in total. The van der Waals surface area contributed by atoms with Crippen molar-refractivity contribution < 1.29 is 13.9 Å². The summed E-state index contributed by atoms with van der Waals surface area (Å²) in [6.07, 6.45) is 6.83. The van der Waals surface area contributed by atoms with Crippen molar-refractivity contribution in [3.05, 3.63) is 23.7 Å². The quantitative estimate of drug-likeness (QED) is 0.799. The molecule has 0 aromatic carbocycles. The molecule has 4 heteroatoms. The Hall–Kier alpha value is -1.29. The van der Waals surface area contributed by atoms with Gasteiger partial charge in [0.15, 0.2) is 0 Å². The Kier molecular flexibility index (Phi) is 4.20. The number of nitrogens with one attached hydrogen (secondary N) is 1. The molecule has 1 fully saturated rings. The van der Waals surface area contributed by atoms with Gasteiger partial charge in [-0.3, -0.25) is 0 Å². The predicted molar refractivity (Wildman–Crippen MR) is 63.7 cm³/mol. The van der Waals surface area contributed by atoms with E-state index in [1.807, 2.05) is 0 Å². The van der Waals surface area contributed by atoms with Crippen molar-refractivity contribution in [2.75, 3.05) is 13.7 Å². The Bertz CT molecular complexity index is 366. The fourth-order valence-corrected chi connectivity index (χ4v) is 2.31. The van der Waals surface area contributed by atoms with Gasteiger partial charge < -0.3 is 14.5 Å². The first-order valence-electron chi connectivity index (χ1n) is 6.16. The highest BCUT2D eigenvalue weighted by Crippen LogP contribution is 2.23. The summed E-state index contributed by atoms with van der Waals surface area (Å²) in [6.45, 7) is 1.71. The van der Waals surface area contributed by atoms with Crippen LogP contribution in [0.15, 0.2) is 16.7 Å². The zero-order valence-corrected chi connectivity index (χ0v) is 10.2. The number of hydrogen-bond donors (Lipinski definition) is 1. The van der Waals surface area contributed by atoms with E-state index in [0.29, 0.717) is 12.1 Å². The molecule has 1 aliphatic rings. The van der Waals surface area contributed by atoms with Gasteiger partial charge in [-0.05, 0) is 31.4 Å². The molecular formula is C13H19NO3. The molecule has 94 valence electrons. The van der Waals surface area contributed by atoms with E-state index >= 15 is 0 Å². The number of methoxy groups -OCH3 is 1. The molecule has 0 aliphatic heterocycles. The van der Waals surface area contributed by atoms with E-state index in [-0.39, 0.29) is 5.97 Å². The number of hydrogen-bond acceptors (Lipinski definition) is 4. The van der Waals surface area contributed by atoms with Crippen molar-refractivity contribution >= 4 is 5.97 Å². The second-order valence-corrected chi connectivity index (χ2v) is 4.57. The number of carbonyl (C=O) groups excluding carboxylic acids is 1. The summed E-state index contributed by atoms with van der Waals surface area (Å²) in [5.41, 5.74) is 0.477. The molecule has 1 heterocycles. The van der Waals surface area contributed by atoms with Crippen LogP contribution in [0.4, 0.5) is 0 Å². The lowest BCUT2D eigenvalue weighted by atomic mass is 10.1.